The summed E-state index contributed by atoms with van der Waals surface area (Å²) < 4.78 is 24.0. The molecule has 25 heteroatoms. The highest BCUT2D eigenvalue weighted by molar-refractivity contribution is 6.67. The lowest BCUT2D eigenvalue weighted by Crippen LogP contribution is -2.58. The number of alkyl halides is 3. The van der Waals surface area contributed by atoms with Crippen molar-refractivity contribution in [2.45, 2.75) is 154 Å². The summed E-state index contributed by atoms with van der Waals surface area (Å²) in [4.78, 5) is 133. The molecular weight excluding hydrogens is 1100 g/mol. The number of nitrogens with one attached hydrogen (secondary N) is 6. The van der Waals surface area contributed by atoms with E-state index in [9.17, 15) is 47.9 Å². The largest absolute Gasteiger partial charge is 0.467 e. The second kappa shape index (κ2) is 34.1. The molecule has 7 amide bonds. The molecule has 0 saturated carbocycles. The van der Waals surface area contributed by atoms with Crippen LogP contribution in [0.2, 0.25) is 0 Å². The summed E-state index contributed by atoms with van der Waals surface area (Å²) in [5.74, 6) is -10.4. The van der Waals surface area contributed by atoms with Crippen LogP contribution < -0.4 is 31.9 Å². The number of halogens is 3. The van der Waals surface area contributed by atoms with E-state index in [0.29, 0.717) is 6.42 Å². The first-order valence-electron chi connectivity index (χ1n) is 25.9. The Balaban J connectivity index is 3.15. The maximum absolute atomic E-state index is 13.9. The molecule has 448 valence electrons. The molecule has 6 N–H and O–H groups in total. The third kappa shape index (κ3) is 26.4. The molecular formula is C55H82Cl3N7O15. The number of ether oxygens (including phenoxy) is 5. The van der Waals surface area contributed by atoms with Gasteiger partial charge in [-0.05, 0) is 72.3 Å². The van der Waals surface area contributed by atoms with E-state index in [-0.39, 0.29) is 30.8 Å². The maximum Gasteiger partial charge on any atom is 0.408 e. The molecule has 0 aliphatic heterocycles. The van der Waals surface area contributed by atoms with Gasteiger partial charge >= 0.3 is 24.0 Å². The van der Waals surface area contributed by atoms with E-state index in [1.807, 2.05) is 50.3 Å². The number of alkyl carbamates (subject to hydrolysis) is 1. The zero-order chi connectivity index (χ0) is 61.4. The highest BCUT2D eigenvalue weighted by Crippen LogP contribution is 2.26. The van der Waals surface area contributed by atoms with Gasteiger partial charge in [-0.2, -0.15) is 0 Å². The summed E-state index contributed by atoms with van der Waals surface area (Å²) in [6.45, 7) is 21.0. The Morgan fingerprint density at radius 1 is 0.700 bits per heavy atom. The predicted molar refractivity (Wildman–Crippen MR) is 301 cm³/mol. The van der Waals surface area contributed by atoms with E-state index in [4.69, 9.17) is 58.5 Å². The third-order valence-corrected chi connectivity index (χ3v) is 12.6. The van der Waals surface area contributed by atoms with E-state index in [1.165, 1.54) is 34.7 Å². The zero-order valence-electron chi connectivity index (χ0n) is 48.4. The van der Waals surface area contributed by atoms with E-state index >= 15 is 0 Å². The molecule has 0 bridgehead atoms. The number of methoxy groups -OCH3 is 3. The summed E-state index contributed by atoms with van der Waals surface area (Å²) in [5.41, 5.74) is 0.660. The van der Waals surface area contributed by atoms with Crippen LogP contribution in [0.1, 0.15) is 101 Å². The number of esters is 3. The van der Waals surface area contributed by atoms with Crippen LogP contribution in [-0.2, 0) is 73.3 Å². The number of rotatable bonds is 30. The van der Waals surface area contributed by atoms with Crippen molar-refractivity contribution in [1.82, 2.24) is 36.8 Å². The van der Waals surface area contributed by atoms with Gasteiger partial charge in [-0.15, -0.1) is 0 Å². The fourth-order valence-electron chi connectivity index (χ4n) is 7.49. The highest BCUT2D eigenvalue weighted by atomic mass is 35.6. The molecule has 0 aromatic heterocycles. The molecule has 0 aliphatic rings. The van der Waals surface area contributed by atoms with Gasteiger partial charge in [-0.1, -0.05) is 130 Å². The Kier molecular flexibility index (Phi) is 30.6. The number of benzene rings is 1. The Morgan fingerprint density at radius 3 is 1.81 bits per heavy atom. The van der Waals surface area contributed by atoms with Crippen molar-refractivity contribution >= 4 is 94.2 Å². The number of carbonyl (C=O) groups is 10. The summed E-state index contributed by atoms with van der Waals surface area (Å²) in [6.07, 6.45) is 4.47. The van der Waals surface area contributed by atoms with Crippen molar-refractivity contribution in [1.29, 1.82) is 0 Å². The summed E-state index contributed by atoms with van der Waals surface area (Å²) in [6, 6.07) is 2.08. The van der Waals surface area contributed by atoms with Crippen molar-refractivity contribution in [2.24, 2.45) is 23.7 Å². The van der Waals surface area contributed by atoms with Crippen molar-refractivity contribution in [3.63, 3.8) is 0 Å². The lowest BCUT2D eigenvalue weighted by atomic mass is 9.94. The van der Waals surface area contributed by atoms with E-state index in [2.05, 4.69) is 38.5 Å². The van der Waals surface area contributed by atoms with Crippen molar-refractivity contribution < 1.29 is 71.6 Å². The molecule has 22 nitrogen and oxygen atoms in total. The second-order valence-corrected chi connectivity index (χ2v) is 23.2. The van der Waals surface area contributed by atoms with Gasteiger partial charge < -0.3 is 60.5 Å². The minimum absolute atomic E-state index is 0.0256. The number of nitrogens with zero attached hydrogens (tertiary/aromatic N) is 1. The lowest BCUT2D eigenvalue weighted by molar-refractivity contribution is -0.150. The standard InChI is InChI=1S/C55H82Cl3N7O15/c1-30(2)26-41(49(71)64-44(52(74)78-16)34(6)46(68)60-36(8)50(72)79-29-55(56,57)58)62-47(69)35(7)59-48(70)37(9)65(13)43(66)25-24-40(51(73)77-15)61-45(67)33(5)39(63-53(75)80-54(10,11)12)23-22-31(3)27-32(4)42(76-14)28-38-20-18-17-19-21-38/h17-23,27,30,32-36,39-42,44H,9,24-26,28-29H2,1-8,10-16H3,(H,59,70)(H,60,68)(H,61,67)(H,62,69)(H,63,75)(H,64,71)/b23-22+,31-27+/t32-,33-,34-,35+,36-,39-,40+,41-,42-,44+/m0/s1. The van der Waals surface area contributed by atoms with Gasteiger partial charge in [-0.3, -0.25) is 28.8 Å². The molecule has 1 aromatic carbocycles. The molecule has 1 aromatic rings. The van der Waals surface area contributed by atoms with Gasteiger partial charge in [0.1, 0.15) is 48.1 Å². The molecule has 0 aliphatic carbocycles. The highest BCUT2D eigenvalue weighted by Gasteiger charge is 2.37. The first-order chi connectivity index (χ1) is 37.0. The second-order valence-electron chi connectivity index (χ2n) is 20.7. The minimum Gasteiger partial charge on any atom is -0.467 e. The lowest BCUT2D eigenvalue weighted by Gasteiger charge is -2.28. The Morgan fingerprint density at radius 2 is 1.27 bits per heavy atom. The molecule has 0 saturated heterocycles. The van der Waals surface area contributed by atoms with Crippen molar-refractivity contribution in [2.75, 3.05) is 35.0 Å². The molecule has 10 atom stereocenters. The van der Waals surface area contributed by atoms with Crippen LogP contribution in [0.4, 0.5) is 4.79 Å². The van der Waals surface area contributed by atoms with Crippen molar-refractivity contribution in [3.05, 3.63) is 72.0 Å². The average Bonchev–Trinajstić information content (AvgIpc) is 3.38. The molecule has 1 rings (SSSR count). The first-order valence-corrected chi connectivity index (χ1v) is 27.0. The SMILES string of the molecule is C=C(C(=O)N[C@H](C)C(=O)N[C@@H](CC(C)C)C(=O)N[C@@H](C(=O)OC)[C@H](C)C(=O)N[C@@H](C)C(=O)OCC(Cl)(Cl)Cl)N(C)C(=O)CC[C@@H](NC(=O)[C@@H](C)[C@H](/C=C/C(C)=C/[C@H](C)[C@H](Cc1ccccc1)OC)NC(=O)OC(C)(C)C)C(=O)OC. The van der Waals surface area contributed by atoms with Crippen LogP contribution in [0.3, 0.4) is 0 Å². The van der Waals surface area contributed by atoms with Gasteiger partial charge in [0.15, 0.2) is 0 Å². The van der Waals surface area contributed by atoms with Crippen LogP contribution in [0.15, 0.2) is 66.4 Å². The van der Waals surface area contributed by atoms with Crippen LogP contribution in [0.5, 0.6) is 0 Å². The van der Waals surface area contributed by atoms with Gasteiger partial charge in [0.25, 0.3) is 5.91 Å². The number of likely N-dealkylation sites (N-methyl/N-ethyl adjacent to an activating group) is 1. The number of carbonyl (C=O) groups excluding carboxylic acids is 10. The molecule has 0 radical (unpaired) electrons. The Labute approximate surface area is 484 Å². The fraction of sp³-hybridized carbons (Fsp3) is 0.600. The van der Waals surface area contributed by atoms with Crippen LogP contribution in [0.25, 0.3) is 0 Å². The van der Waals surface area contributed by atoms with Gasteiger partial charge in [-0.25, -0.2) is 19.2 Å². The Hall–Kier alpha value is -6.23. The number of hydrogen-bond acceptors (Lipinski definition) is 15. The van der Waals surface area contributed by atoms with Crippen molar-refractivity contribution in [3.8, 4) is 0 Å². The fourth-order valence-corrected chi connectivity index (χ4v) is 7.65. The van der Waals surface area contributed by atoms with Gasteiger partial charge in [0.2, 0.25) is 33.3 Å². The summed E-state index contributed by atoms with van der Waals surface area (Å²) in [5, 5.41) is 15.1. The number of hydrogen-bond donors (Lipinski definition) is 6. The van der Waals surface area contributed by atoms with E-state index < -0.39 is 136 Å². The monoisotopic (exact) mass is 1190 g/mol. The number of amides is 7. The van der Waals surface area contributed by atoms with Gasteiger partial charge in [0.05, 0.1) is 38.2 Å². The molecule has 80 heavy (non-hydrogen) atoms. The van der Waals surface area contributed by atoms with Crippen LogP contribution in [0, 0.1) is 23.7 Å². The zero-order valence-corrected chi connectivity index (χ0v) is 50.7. The van der Waals surface area contributed by atoms with E-state index in [1.54, 1.807) is 53.9 Å². The van der Waals surface area contributed by atoms with E-state index in [0.717, 1.165) is 30.3 Å². The Bertz CT molecular complexity index is 2370. The van der Waals surface area contributed by atoms with Crippen LogP contribution in [-0.4, -0.2) is 151 Å². The third-order valence-electron chi connectivity index (χ3n) is 12.2. The smallest absolute Gasteiger partial charge is 0.408 e. The minimum atomic E-state index is -1.91. The topological polar surface area (TPSA) is 292 Å². The number of allylic oxidation sites excluding steroid dienone is 2. The predicted octanol–water partition coefficient (Wildman–Crippen LogP) is 5.07. The van der Waals surface area contributed by atoms with Crippen LogP contribution >= 0.6 is 34.8 Å². The molecule has 0 spiro atoms. The normalized spacial score (nSPS) is 15.6. The molecule has 0 unspecified atom stereocenters. The summed E-state index contributed by atoms with van der Waals surface area (Å²) >= 11 is 16.9. The maximum atomic E-state index is 13.9. The molecule has 0 heterocycles. The molecule has 0 fully saturated rings. The quantitative estimate of drug-likeness (QED) is 0.0193. The first kappa shape index (κ1) is 71.8. The average molecular weight is 1190 g/mol. The van der Waals surface area contributed by atoms with Gasteiger partial charge in [0, 0.05) is 26.5 Å². The summed E-state index contributed by atoms with van der Waals surface area (Å²) in [7, 11) is 5.01.